The molecule has 0 aliphatic rings. The molecular weight excluding hydrogens is 248 g/mol. The Labute approximate surface area is 111 Å². The van der Waals surface area contributed by atoms with Crippen molar-refractivity contribution < 1.29 is 9.59 Å². The Morgan fingerprint density at radius 2 is 2.06 bits per heavy atom. The lowest BCUT2D eigenvalue weighted by molar-refractivity contribution is -0.119. The van der Waals surface area contributed by atoms with Gasteiger partial charge in [-0.25, -0.2) is 4.79 Å². The van der Waals surface area contributed by atoms with Gasteiger partial charge in [0.15, 0.2) is 0 Å². The average Bonchev–Trinajstić information content (AvgIpc) is 2.29. The summed E-state index contributed by atoms with van der Waals surface area (Å²) in [5.74, 6) is 0.388. The number of amides is 3. The lowest BCUT2D eigenvalue weighted by Crippen LogP contribution is -2.39. The minimum atomic E-state index is -0.806. The Bertz CT molecular complexity index is 460. The molecule has 1 aromatic carbocycles. The molecule has 0 fully saturated rings. The van der Waals surface area contributed by atoms with Gasteiger partial charge < -0.3 is 5.73 Å². The van der Waals surface area contributed by atoms with Gasteiger partial charge in [-0.2, -0.15) is 0 Å². The van der Waals surface area contributed by atoms with Gasteiger partial charge in [0.2, 0.25) is 5.91 Å². The van der Waals surface area contributed by atoms with E-state index in [4.69, 9.17) is 5.73 Å². The molecule has 1 aromatic rings. The zero-order valence-corrected chi connectivity index (χ0v) is 11.6. The van der Waals surface area contributed by atoms with E-state index < -0.39 is 6.03 Å². The van der Waals surface area contributed by atoms with Crippen LogP contribution in [0.25, 0.3) is 0 Å². The minimum absolute atomic E-state index is 0.308. The number of nitrogens with two attached hydrogens (primary N) is 1. The first-order chi connectivity index (χ1) is 8.40. The van der Waals surface area contributed by atoms with Crippen LogP contribution in [0.2, 0.25) is 0 Å². The molecule has 98 valence electrons. The van der Waals surface area contributed by atoms with Crippen LogP contribution in [0.15, 0.2) is 18.2 Å². The van der Waals surface area contributed by atoms with Crippen LogP contribution in [0.1, 0.15) is 23.6 Å². The number of primary amides is 1. The van der Waals surface area contributed by atoms with Gasteiger partial charge in [0.1, 0.15) is 0 Å². The van der Waals surface area contributed by atoms with Crippen molar-refractivity contribution in [2.45, 2.75) is 31.8 Å². The second kappa shape index (κ2) is 6.44. The summed E-state index contributed by atoms with van der Waals surface area (Å²) in [6.45, 7) is 5.84. The number of benzene rings is 1. The summed E-state index contributed by atoms with van der Waals surface area (Å²) in [4.78, 5) is 22.1. The standard InChI is InChI=1S/C13H18N2O2S/c1-8-4-5-9(2)11(6-8)7-18-10(3)12(16)15-13(14)17/h4-6,10H,7H2,1-3H3,(H3,14,15,16,17)/t10-/m1/s1. The topological polar surface area (TPSA) is 72.2 Å². The summed E-state index contributed by atoms with van der Waals surface area (Å²) in [5, 5.41) is 1.78. The molecule has 0 saturated carbocycles. The van der Waals surface area contributed by atoms with Crippen LogP contribution in [0, 0.1) is 13.8 Å². The third kappa shape index (κ3) is 4.41. The molecule has 0 bridgehead atoms. The van der Waals surface area contributed by atoms with Crippen LogP contribution >= 0.6 is 11.8 Å². The first-order valence-corrected chi connectivity index (χ1v) is 6.73. The Kier molecular flexibility index (Phi) is 5.22. The number of imide groups is 1. The number of thioether (sulfide) groups is 1. The van der Waals surface area contributed by atoms with Crippen LogP contribution < -0.4 is 11.1 Å². The van der Waals surface area contributed by atoms with Gasteiger partial charge in [0.25, 0.3) is 0 Å². The van der Waals surface area contributed by atoms with Crippen LogP contribution in [0.3, 0.4) is 0 Å². The lowest BCUT2D eigenvalue weighted by Gasteiger charge is -2.11. The molecule has 0 aromatic heterocycles. The second-order valence-electron chi connectivity index (χ2n) is 4.24. The number of rotatable bonds is 4. The van der Waals surface area contributed by atoms with Crippen molar-refractivity contribution in [2.75, 3.05) is 0 Å². The number of urea groups is 1. The van der Waals surface area contributed by atoms with E-state index >= 15 is 0 Å². The number of carbonyl (C=O) groups excluding carboxylic acids is 2. The molecule has 0 aliphatic carbocycles. The molecule has 1 rings (SSSR count). The number of hydrogen-bond donors (Lipinski definition) is 2. The highest BCUT2D eigenvalue weighted by Gasteiger charge is 2.15. The molecule has 0 heterocycles. The van der Waals surface area contributed by atoms with Gasteiger partial charge in [-0.15, -0.1) is 11.8 Å². The van der Waals surface area contributed by atoms with Crippen molar-refractivity contribution in [3.05, 3.63) is 34.9 Å². The highest BCUT2D eigenvalue weighted by atomic mass is 32.2. The molecule has 0 spiro atoms. The zero-order chi connectivity index (χ0) is 13.7. The van der Waals surface area contributed by atoms with E-state index in [9.17, 15) is 9.59 Å². The molecule has 0 unspecified atom stereocenters. The first kappa shape index (κ1) is 14.6. The number of carbonyl (C=O) groups is 2. The summed E-state index contributed by atoms with van der Waals surface area (Å²) in [6.07, 6.45) is 0. The van der Waals surface area contributed by atoms with Gasteiger partial charge in [-0.3, -0.25) is 10.1 Å². The largest absolute Gasteiger partial charge is 0.351 e. The monoisotopic (exact) mass is 266 g/mol. The number of hydrogen-bond acceptors (Lipinski definition) is 3. The van der Waals surface area contributed by atoms with Gasteiger partial charge in [0, 0.05) is 5.75 Å². The minimum Gasteiger partial charge on any atom is -0.351 e. The molecule has 5 heteroatoms. The van der Waals surface area contributed by atoms with Crippen LogP contribution in [0.4, 0.5) is 4.79 Å². The van der Waals surface area contributed by atoms with Crippen molar-refractivity contribution in [1.29, 1.82) is 0 Å². The summed E-state index contributed by atoms with van der Waals surface area (Å²) in [6, 6.07) is 5.44. The summed E-state index contributed by atoms with van der Waals surface area (Å²) in [5.41, 5.74) is 8.51. The maximum atomic E-state index is 11.5. The molecule has 0 aliphatic heterocycles. The van der Waals surface area contributed by atoms with E-state index in [0.29, 0.717) is 0 Å². The maximum Gasteiger partial charge on any atom is 0.318 e. The quantitative estimate of drug-likeness (QED) is 0.876. The Hall–Kier alpha value is -1.49. The van der Waals surface area contributed by atoms with Crippen molar-refractivity contribution in [3.8, 4) is 0 Å². The molecule has 3 N–H and O–H groups in total. The maximum absolute atomic E-state index is 11.5. The van der Waals surface area contributed by atoms with Crippen molar-refractivity contribution >= 4 is 23.7 Å². The highest BCUT2D eigenvalue weighted by Crippen LogP contribution is 2.21. The fourth-order valence-electron chi connectivity index (χ4n) is 1.47. The molecule has 18 heavy (non-hydrogen) atoms. The van der Waals surface area contributed by atoms with Crippen molar-refractivity contribution in [3.63, 3.8) is 0 Å². The predicted molar refractivity (Wildman–Crippen MR) is 74.4 cm³/mol. The summed E-state index contributed by atoms with van der Waals surface area (Å²) in [7, 11) is 0. The highest BCUT2D eigenvalue weighted by molar-refractivity contribution is 7.99. The fraction of sp³-hybridized carbons (Fsp3) is 0.385. The second-order valence-corrected chi connectivity index (χ2v) is 5.57. The number of aryl methyl sites for hydroxylation is 2. The van der Waals surface area contributed by atoms with E-state index in [1.807, 2.05) is 13.8 Å². The van der Waals surface area contributed by atoms with Gasteiger partial charge in [0.05, 0.1) is 5.25 Å². The third-order valence-electron chi connectivity index (χ3n) is 2.61. The van der Waals surface area contributed by atoms with E-state index in [0.717, 1.165) is 5.75 Å². The Morgan fingerprint density at radius 1 is 1.39 bits per heavy atom. The van der Waals surface area contributed by atoms with Crippen LogP contribution in [-0.4, -0.2) is 17.2 Å². The van der Waals surface area contributed by atoms with Crippen LogP contribution in [-0.2, 0) is 10.5 Å². The summed E-state index contributed by atoms with van der Waals surface area (Å²) < 4.78 is 0. The Balaban J connectivity index is 2.57. The van der Waals surface area contributed by atoms with E-state index in [1.165, 1.54) is 28.5 Å². The number of nitrogens with one attached hydrogen (secondary N) is 1. The molecule has 0 saturated heterocycles. The lowest BCUT2D eigenvalue weighted by atomic mass is 10.1. The smallest absolute Gasteiger partial charge is 0.318 e. The van der Waals surface area contributed by atoms with Crippen molar-refractivity contribution in [2.24, 2.45) is 5.73 Å². The molecule has 1 atom stereocenters. The zero-order valence-electron chi connectivity index (χ0n) is 10.8. The normalized spacial score (nSPS) is 11.9. The van der Waals surface area contributed by atoms with Gasteiger partial charge in [-0.1, -0.05) is 23.8 Å². The van der Waals surface area contributed by atoms with E-state index in [1.54, 1.807) is 6.92 Å². The van der Waals surface area contributed by atoms with E-state index in [-0.39, 0.29) is 11.2 Å². The van der Waals surface area contributed by atoms with Gasteiger partial charge in [-0.05, 0) is 31.9 Å². The summed E-state index contributed by atoms with van der Waals surface area (Å²) >= 11 is 1.48. The van der Waals surface area contributed by atoms with Crippen LogP contribution in [0.5, 0.6) is 0 Å². The van der Waals surface area contributed by atoms with Crippen molar-refractivity contribution in [1.82, 2.24) is 5.32 Å². The molecule has 0 radical (unpaired) electrons. The van der Waals surface area contributed by atoms with Gasteiger partial charge >= 0.3 is 6.03 Å². The van der Waals surface area contributed by atoms with E-state index in [2.05, 4.69) is 23.5 Å². The third-order valence-corrected chi connectivity index (χ3v) is 3.80. The fourth-order valence-corrected chi connectivity index (χ4v) is 2.42. The SMILES string of the molecule is Cc1ccc(C)c(CS[C@H](C)C(=O)NC(N)=O)c1. The molecular formula is C13H18N2O2S. The molecule has 3 amide bonds. The first-order valence-electron chi connectivity index (χ1n) is 5.68. The predicted octanol–water partition coefficient (Wildman–Crippen LogP) is 2.12. The molecule has 4 nitrogen and oxygen atoms in total. The Morgan fingerprint density at radius 3 is 2.67 bits per heavy atom. The average molecular weight is 266 g/mol.